The molecule has 0 unspecified atom stereocenters. The van der Waals surface area contributed by atoms with Crippen molar-refractivity contribution in [3.63, 3.8) is 0 Å². The quantitative estimate of drug-likeness (QED) is 0.878. The SMILES string of the molecule is O=C(O)c1ccc(O)c(-c2ccc3c(c2)OCCO3)c1. The second-order valence-corrected chi connectivity index (χ2v) is 4.40. The molecule has 5 nitrogen and oxygen atoms in total. The van der Waals surface area contributed by atoms with Crippen molar-refractivity contribution in [3.8, 4) is 28.4 Å². The van der Waals surface area contributed by atoms with Crippen LogP contribution in [0, 0.1) is 0 Å². The topological polar surface area (TPSA) is 76.0 Å². The summed E-state index contributed by atoms with van der Waals surface area (Å²) in [7, 11) is 0. The zero-order valence-corrected chi connectivity index (χ0v) is 10.5. The van der Waals surface area contributed by atoms with E-state index in [4.69, 9.17) is 14.6 Å². The summed E-state index contributed by atoms with van der Waals surface area (Å²) >= 11 is 0. The highest BCUT2D eigenvalue weighted by Crippen LogP contribution is 2.37. The Hall–Kier alpha value is -2.69. The van der Waals surface area contributed by atoms with Gasteiger partial charge in [0.15, 0.2) is 11.5 Å². The second-order valence-electron chi connectivity index (χ2n) is 4.40. The first-order chi connectivity index (χ1) is 9.65. The van der Waals surface area contributed by atoms with Gasteiger partial charge in [0.25, 0.3) is 0 Å². The number of phenols is 1. The first-order valence-electron chi connectivity index (χ1n) is 6.11. The predicted octanol–water partition coefficient (Wildman–Crippen LogP) is 2.53. The molecule has 3 rings (SSSR count). The number of aromatic carboxylic acids is 1. The number of fused-ring (bicyclic) bond motifs is 1. The average molecular weight is 272 g/mol. The van der Waals surface area contributed by atoms with Crippen molar-refractivity contribution in [2.45, 2.75) is 0 Å². The van der Waals surface area contributed by atoms with Gasteiger partial charge < -0.3 is 19.7 Å². The van der Waals surface area contributed by atoms with Crippen LogP contribution in [0.25, 0.3) is 11.1 Å². The third kappa shape index (κ3) is 2.14. The van der Waals surface area contributed by atoms with Crippen LogP contribution < -0.4 is 9.47 Å². The van der Waals surface area contributed by atoms with Crippen LogP contribution in [0.5, 0.6) is 17.2 Å². The van der Waals surface area contributed by atoms with E-state index in [9.17, 15) is 9.90 Å². The van der Waals surface area contributed by atoms with Crippen molar-refractivity contribution in [1.82, 2.24) is 0 Å². The molecule has 0 aliphatic carbocycles. The standard InChI is InChI=1S/C15H12O5/c16-12-3-1-10(15(17)18)7-11(12)9-2-4-13-14(8-9)20-6-5-19-13/h1-4,7-8,16H,5-6H2,(H,17,18). The Morgan fingerprint density at radius 1 is 1.00 bits per heavy atom. The molecule has 0 atom stereocenters. The Morgan fingerprint density at radius 3 is 2.50 bits per heavy atom. The number of carboxylic acids is 1. The van der Waals surface area contributed by atoms with Gasteiger partial charge in [-0.1, -0.05) is 6.07 Å². The van der Waals surface area contributed by atoms with E-state index in [0.717, 1.165) is 0 Å². The van der Waals surface area contributed by atoms with Crippen molar-refractivity contribution < 1.29 is 24.5 Å². The maximum atomic E-state index is 11.0. The summed E-state index contributed by atoms with van der Waals surface area (Å²) in [5.74, 6) is 0.221. The van der Waals surface area contributed by atoms with Gasteiger partial charge >= 0.3 is 5.97 Å². The third-order valence-corrected chi connectivity index (χ3v) is 3.10. The smallest absolute Gasteiger partial charge is 0.335 e. The number of phenolic OH excluding ortho intramolecular Hbond substituents is 1. The molecular weight excluding hydrogens is 260 g/mol. The van der Waals surface area contributed by atoms with Gasteiger partial charge in [-0.25, -0.2) is 4.79 Å². The fraction of sp³-hybridized carbons (Fsp3) is 0.133. The lowest BCUT2D eigenvalue weighted by atomic mass is 10.0. The highest BCUT2D eigenvalue weighted by molar-refractivity contribution is 5.90. The van der Waals surface area contributed by atoms with Gasteiger partial charge in [-0.3, -0.25) is 0 Å². The summed E-state index contributed by atoms with van der Waals surface area (Å²) < 4.78 is 10.9. The van der Waals surface area contributed by atoms with Crippen LogP contribution in [0.1, 0.15) is 10.4 Å². The van der Waals surface area contributed by atoms with E-state index in [0.29, 0.717) is 35.8 Å². The van der Waals surface area contributed by atoms with Crippen molar-refractivity contribution in [2.75, 3.05) is 13.2 Å². The lowest BCUT2D eigenvalue weighted by Gasteiger charge is -2.19. The van der Waals surface area contributed by atoms with Gasteiger partial charge in [0.05, 0.1) is 5.56 Å². The lowest BCUT2D eigenvalue weighted by molar-refractivity contribution is 0.0697. The minimum absolute atomic E-state index is 0.0201. The number of aromatic hydroxyl groups is 1. The zero-order valence-electron chi connectivity index (χ0n) is 10.5. The average Bonchev–Trinajstić information content (AvgIpc) is 2.47. The molecule has 2 aromatic carbocycles. The Bertz CT molecular complexity index is 678. The minimum atomic E-state index is -1.04. The molecular formula is C15H12O5. The highest BCUT2D eigenvalue weighted by Gasteiger charge is 2.15. The summed E-state index contributed by atoms with van der Waals surface area (Å²) in [4.78, 5) is 11.0. The molecule has 2 N–H and O–H groups in total. The van der Waals surface area contributed by atoms with E-state index in [1.54, 1.807) is 18.2 Å². The van der Waals surface area contributed by atoms with Crippen molar-refractivity contribution in [1.29, 1.82) is 0 Å². The van der Waals surface area contributed by atoms with E-state index in [1.807, 2.05) is 0 Å². The van der Waals surface area contributed by atoms with Crippen LogP contribution >= 0.6 is 0 Å². The Labute approximate surface area is 115 Å². The molecule has 1 aliphatic heterocycles. The third-order valence-electron chi connectivity index (χ3n) is 3.10. The lowest BCUT2D eigenvalue weighted by Crippen LogP contribution is -2.15. The molecule has 0 radical (unpaired) electrons. The Balaban J connectivity index is 2.08. The van der Waals surface area contributed by atoms with E-state index in [2.05, 4.69) is 0 Å². The molecule has 1 heterocycles. The van der Waals surface area contributed by atoms with Gasteiger partial charge in [-0.05, 0) is 35.9 Å². The van der Waals surface area contributed by atoms with Crippen LogP contribution in [0.2, 0.25) is 0 Å². The highest BCUT2D eigenvalue weighted by atomic mass is 16.6. The number of benzene rings is 2. The molecule has 0 saturated heterocycles. The summed E-state index contributed by atoms with van der Waals surface area (Å²) in [6.45, 7) is 0.976. The molecule has 0 spiro atoms. The van der Waals surface area contributed by atoms with E-state index >= 15 is 0 Å². The fourth-order valence-corrected chi connectivity index (χ4v) is 2.11. The minimum Gasteiger partial charge on any atom is -0.507 e. The number of hydrogen-bond donors (Lipinski definition) is 2. The largest absolute Gasteiger partial charge is 0.507 e. The maximum Gasteiger partial charge on any atom is 0.335 e. The molecule has 2 aromatic rings. The number of ether oxygens (including phenoxy) is 2. The van der Waals surface area contributed by atoms with Gasteiger partial charge in [0.1, 0.15) is 19.0 Å². The zero-order chi connectivity index (χ0) is 14.1. The molecule has 0 saturated carbocycles. The first kappa shape index (κ1) is 12.3. The molecule has 5 heteroatoms. The van der Waals surface area contributed by atoms with Crippen molar-refractivity contribution in [3.05, 3.63) is 42.0 Å². The fourth-order valence-electron chi connectivity index (χ4n) is 2.11. The number of hydrogen-bond acceptors (Lipinski definition) is 4. The molecule has 1 aliphatic rings. The van der Waals surface area contributed by atoms with Gasteiger partial charge in [0.2, 0.25) is 0 Å². The molecule has 0 aromatic heterocycles. The van der Waals surface area contributed by atoms with Crippen molar-refractivity contribution >= 4 is 5.97 Å². The number of carboxylic acid groups (broad SMARTS) is 1. The van der Waals surface area contributed by atoms with Crippen LogP contribution in [0.4, 0.5) is 0 Å². The molecule has 0 amide bonds. The van der Waals surface area contributed by atoms with Gasteiger partial charge in [0, 0.05) is 5.56 Å². The Kier molecular flexibility index (Phi) is 2.95. The number of rotatable bonds is 2. The molecule has 102 valence electrons. The van der Waals surface area contributed by atoms with Crippen LogP contribution in [0.3, 0.4) is 0 Å². The summed E-state index contributed by atoms with van der Waals surface area (Å²) in [5, 5.41) is 18.9. The van der Waals surface area contributed by atoms with Crippen LogP contribution in [-0.4, -0.2) is 29.4 Å². The van der Waals surface area contributed by atoms with Gasteiger partial charge in [-0.15, -0.1) is 0 Å². The summed E-state index contributed by atoms with van der Waals surface area (Å²) in [6, 6.07) is 9.40. The summed E-state index contributed by atoms with van der Waals surface area (Å²) in [6.07, 6.45) is 0. The van der Waals surface area contributed by atoms with E-state index < -0.39 is 5.97 Å². The maximum absolute atomic E-state index is 11.0. The van der Waals surface area contributed by atoms with E-state index in [-0.39, 0.29) is 11.3 Å². The molecule has 20 heavy (non-hydrogen) atoms. The van der Waals surface area contributed by atoms with Crippen LogP contribution in [-0.2, 0) is 0 Å². The Morgan fingerprint density at radius 2 is 1.75 bits per heavy atom. The van der Waals surface area contributed by atoms with Crippen molar-refractivity contribution in [2.24, 2.45) is 0 Å². The van der Waals surface area contributed by atoms with E-state index in [1.165, 1.54) is 18.2 Å². The second kappa shape index (κ2) is 4.77. The first-order valence-corrected chi connectivity index (χ1v) is 6.11. The van der Waals surface area contributed by atoms with Crippen LogP contribution in [0.15, 0.2) is 36.4 Å². The monoisotopic (exact) mass is 272 g/mol. The summed E-state index contributed by atoms with van der Waals surface area (Å²) in [5.41, 5.74) is 1.24. The molecule has 0 fully saturated rings. The number of carbonyl (C=O) groups is 1. The molecule has 0 bridgehead atoms. The normalized spacial score (nSPS) is 13.0. The van der Waals surface area contributed by atoms with Gasteiger partial charge in [-0.2, -0.15) is 0 Å². The predicted molar refractivity (Wildman–Crippen MR) is 71.5 cm³/mol.